The molecule has 0 spiro atoms. The fourth-order valence-corrected chi connectivity index (χ4v) is 5.96. The van der Waals surface area contributed by atoms with E-state index in [1.54, 1.807) is 18.1 Å². The molecule has 2 aromatic carbocycles. The Balaban J connectivity index is 0.000000968. The number of benzene rings is 2. The minimum absolute atomic E-state index is 0.250. The van der Waals surface area contributed by atoms with Crippen molar-refractivity contribution in [3.05, 3.63) is 59.7 Å². The molecule has 2 fully saturated rings. The Labute approximate surface area is 204 Å². The Hall–Kier alpha value is -1.60. The summed E-state index contributed by atoms with van der Waals surface area (Å²) in [6, 6.07) is 19.0. The van der Waals surface area contributed by atoms with Crippen molar-refractivity contribution in [2.45, 2.75) is 110 Å². The first-order valence-corrected chi connectivity index (χ1v) is 14.0. The fraction of sp³-hybridized carbons (Fsp3) is 0.625. The summed E-state index contributed by atoms with van der Waals surface area (Å²) in [5.41, 5.74) is 5.86. The van der Waals surface area contributed by atoms with Crippen LogP contribution in [0.5, 0.6) is 0 Å². The molecule has 1 heteroatoms. The van der Waals surface area contributed by atoms with Gasteiger partial charge in [-0.3, -0.25) is 0 Å². The fourth-order valence-electron chi connectivity index (χ4n) is 5.96. The van der Waals surface area contributed by atoms with Gasteiger partial charge in [0.1, 0.15) is 0 Å². The zero-order valence-corrected chi connectivity index (χ0v) is 21.6. The van der Waals surface area contributed by atoms with Gasteiger partial charge in [0.15, 0.2) is 0 Å². The van der Waals surface area contributed by atoms with Crippen LogP contribution in [-0.4, -0.2) is 11.7 Å². The average Bonchev–Trinajstić information content (AvgIpc) is 2.86. The van der Waals surface area contributed by atoms with Crippen molar-refractivity contribution >= 4 is 0 Å². The molecular weight excluding hydrogens is 400 g/mol. The van der Waals surface area contributed by atoms with Crippen molar-refractivity contribution in [2.75, 3.05) is 6.61 Å². The molecule has 2 saturated carbocycles. The maximum absolute atomic E-state index is 7.57. The van der Waals surface area contributed by atoms with Gasteiger partial charge in [-0.05, 0) is 91.4 Å². The molecule has 1 nitrogen and oxygen atoms in total. The van der Waals surface area contributed by atoms with Crippen LogP contribution in [0.4, 0.5) is 0 Å². The van der Waals surface area contributed by atoms with E-state index in [-0.39, 0.29) is 6.61 Å². The first kappa shape index (κ1) is 26.0. The van der Waals surface area contributed by atoms with Gasteiger partial charge >= 0.3 is 0 Å². The van der Waals surface area contributed by atoms with E-state index in [9.17, 15) is 0 Å². The van der Waals surface area contributed by atoms with Gasteiger partial charge in [0.25, 0.3) is 0 Å². The van der Waals surface area contributed by atoms with Crippen LogP contribution in [0.15, 0.2) is 48.5 Å². The summed E-state index contributed by atoms with van der Waals surface area (Å²) in [7, 11) is 0. The molecular formula is C32H48O. The molecule has 0 atom stereocenters. The number of aliphatic hydroxyl groups is 1. The van der Waals surface area contributed by atoms with Crippen LogP contribution in [0.2, 0.25) is 0 Å². The lowest BCUT2D eigenvalue weighted by molar-refractivity contribution is 0.303. The van der Waals surface area contributed by atoms with Crippen LogP contribution in [0.25, 0.3) is 11.1 Å². The third kappa shape index (κ3) is 7.99. The van der Waals surface area contributed by atoms with Crippen molar-refractivity contribution in [1.82, 2.24) is 0 Å². The van der Waals surface area contributed by atoms with Gasteiger partial charge in [-0.15, -0.1) is 0 Å². The highest BCUT2D eigenvalue weighted by Crippen LogP contribution is 2.39. The third-order valence-corrected chi connectivity index (χ3v) is 8.18. The molecule has 0 amide bonds. The Bertz CT molecular complexity index is 759. The predicted octanol–water partition coefficient (Wildman–Crippen LogP) is 9.50. The maximum atomic E-state index is 7.57. The zero-order valence-electron chi connectivity index (χ0n) is 21.6. The highest BCUT2D eigenvalue weighted by atomic mass is 16.2. The molecule has 33 heavy (non-hydrogen) atoms. The summed E-state index contributed by atoms with van der Waals surface area (Å²) in [5, 5.41) is 7.57. The summed E-state index contributed by atoms with van der Waals surface area (Å²) < 4.78 is 0. The van der Waals surface area contributed by atoms with Gasteiger partial charge in [0.2, 0.25) is 0 Å². The van der Waals surface area contributed by atoms with Gasteiger partial charge in [-0.25, -0.2) is 0 Å². The Kier molecular flexibility index (Phi) is 11.0. The second-order valence-corrected chi connectivity index (χ2v) is 10.7. The molecule has 2 aliphatic carbocycles. The van der Waals surface area contributed by atoms with E-state index in [2.05, 4.69) is 62.4 Å². The molecule has 2 aromatic rings. The molecule has 4 rings (SSSR count). The highest BCUT2D eigenvalue weighted by Gasteiger charge is 2.22. The van der Waals surface area contributed by atoms with E-state index in [0.717, 1.165) is 23.7 Å². The van der Waals surface area contributed by atoms with E-state index in [1.165, 1.54) is 88.2 Å². The molecule has 1 N–H and O–H groups in total. The van der Waals surface area contributed by atoms with Gasteiger partial charge in [-0.2, -0.15) is 0 Å². The Morgan fingerprint density at radius 1 is 0.636 bits per heavy atom. The molecule has 0 aromatic heterocycles. The van der Waals surface area contributed by atoms with Crippen LogP contribution in [0.1, 0.15) is 121 Å². The Morgan fingerprint density at radius 3 is 1.48 bits per heavy atom. The number of hydrogen-bond acceptors (Lipinski definition) is 1. The van der Waals surface area contributed by atoms with Gasteiger partial charge in [0.05, 0.1) is 0 Å². The van der Waals surface area contributed by atoms with Gasteiger partial charge in [0, 0.05) is 6.61 Å². The summed E-state index contributed by atoms with van der Waals surface area (Å²) in [4.78, 5) is 0. The van der Waals surface area contributed by atoms with Gasteiger partial charge in [-0.1, -0.05) is 101 Å². The lowest BCUT2D eigenvalue weighted by Gasteiger charge is -2.29. The number of hydrogen-bond donors (Lipinski definition) is 1. The minimum Gasteiger partial charge on any atom is -0.397 e. The second-order valence-electron chi connectivity index (χ2n) is 10.7. The van der Waals surface area contributed by atoms with Crippen molar-refractivity contribution in [3.63, 3.8) is 0 Å². The lowest BCUT2D eigenvalue weighted by atomic mass is 9.77. The second kappa shape index (κ2) is 14.0. The first-order chi connectivity index (χ1) is 16.1. The van der Waals surface area contributed by atoms with Crippen LogP contribution in [0.3, 0.4) is 0 Å². The quantitative estimate of drug-likeness (QED) is 0.418. The number of unbranched alkanes of at least 4 members (excludes halogenated alkanes) is 2. The summed E-state index contributed by atoms with van der Waals surface area (Å²) in [5.74, 6) is 3.50. The van der Waals surface area contributed by atoms with E-state index >= 15 is 0 Å². The number of rotatable bonds is 7. The zero-order chi connectivity index (χ0) is 23.5. The molecule has 0 heterocycles. The SMILES string of the molecule is CCCCCC1CCC(c2ccc(-c3ccc(C4CCC(C)CC4)cc3)cc2)CC1.CCO. The van der Waals surface area contributed by atoms with E-state index < -0.39 is 0 Å². The molecule has 0 radical (unpaired) electrons. The normalized spacial score (nSPS) is 25.2. The van der Waals surface area contributed by atoms with E-state index in [1.807, 2.05) is 0 Å². The summed E-state index contributed by atoms with van der Waals surface area (Å²) >= 11 is 0. The monoisotopic (exact) mass is 448 g/mol. The minimum atomic E-state index is 0.250. The molecule has 2 aliphatic rings. The molecule has 0 saturated heterocycles. The average molecular weight is 449 g/mol. The van der Waals surface area contributed by atoms with Crippen LogP contribution < -0.4 is 0 Å². The van der Waals surface area contributed by atoms with Gasteiger partial charge < -0.3 is 5.11 Å². The lowest BCUT2D eigenvalue weighted by Crippen LogP contribution is -2.13. The van der Waals surface area contributed by atoms with Crippen LogP contribution >= 0.6 is 0 Å². The van der Waals surface area contributed by atoms with E-state index in [4.69, 9.17) is 5.11 Å². The third-order valence-electron chi connectivity index (χ3n) is 8.18. The highest BCUT2D eigenvalue weighted by molar-refractivity contribution is 5.64. The topological polar surface area (TPSA) is 20.2 Å². The predicted molar refractivity (Wildman–Crippen MR) is 144 cm³/mol. The summed E-state index contributed by atoms with van der Waals surface area (Å²) in [6.07, 6.45) is 16.9. The molecule has 0 unspecified atom stereocenters. The van der Waals surface area contributed by atoms with Crippen molar-refractivity contribution in [3.8, 4) is 11.1 Å². The number of aliphatic hydroxyl groups excluding tert-OH is 1. The van der Waals surface area contributed by atoms with Crippen molar-refractivity contribution < 1.29 is 5.11 Å². The largest absolute Gasteiger partial charge is 0.397 e. The van der Waals surface area contributed by atoms with Crippen molar-refractivity contribution in [2.24, 2.45) is 11.8 Å². The van der Waals surface area contributed by atoms with Crippen LogP contribution in [0, 0.1) is 11.8 Å². The summed E-state index contributed by atoms with van der Waals surface area (Å²) in [6.45, 7) is 6.65. The maximum Gasteiger partial charge on any atom is 0.0402 e. The van der Waals surface area contributed by atoms with E-state index in [0.29, 0.717) is 0 Å². The first-order valence-electron chi connectivity index (χ1n) is 14.0. The molecule has 0 bridgehead atoms. The Morgan fingerprint density at radius 2 is 1.06 bits per heavy atom. The molecule has 182 valence electrons. The molecule has 0 aliphatic heterocycles. The van der Waals surface area contributed by atoms with Crippen molar-refractivity contribution in [1.29, 1.82) is 0 Å². The van der Waals surface area contributed by atoms with Crippen LogP contribution in [-0.2, 0) is 0 Å². The standard InChI is InChI=1S/C30H42.C2H6O/c1-3-4-5-6-24-9-13-26(14-10-24)28-17-21-30(22-18-28)29-19-15-27(16-20-29)25-11-7-23(2)8-12-25;1-2-3/h15-26H,3-14H2,1-2H3;3H,2H2,1H3. The smallest absolute Gasteiger partial charge is 0.0402 e.